The summed E-state index contributed by atoms with van der Waals surface area (Å²) in [5.41, 5.74) is 4.67. The van der Waals surface area contributed by atoms with Crippen molar-refractivity contribution in [3.05, 3.63) is 65.6 Å². The van der Waals surface area contributed by atoms with Gasteiger partial charge >= 0.3 is 0 Å². The molecule has 88 valence electrons. The van der Waals surface area contributed by atoms with Gasteiger partial charge in [-0.3, -0.25) is 4.79 Å². The van der Waals surface area contributed by atoms with Crippen LogP contribution < -0.4 is 0 Å². The van der Waals surface area contributed by atoms with Gasteiger partial charge in [-0.2, -0.15) is 0 Å². The number of hydrogen-bond acceptors (Lipinski definition) is 2. The number of allylic oxidation sites excluding steroid dienone is 1. The van der Waals surface area contributed by atoms with E-state index < -0.39 is 0 Å². The third-order valence-electron chi connectivity index (χ3n) is 3.01. The van der Waals surface area contributed by atoms with Crippen LogP contribution in [0.4, 0.5) is 0 Å². The van der Waals surface area contributed by atoms with Gasteiger partial charge in [0.1, 0.15) is 0 Å². The van der Waals surface area contributed by atoms with E-state index in [-0.39, 0.29) is 5.12 Å². The van der Waals surface area contributed by atoms with Gasteiger partial charge in [-0.05, 0) is 33.7 Å². The van der Waals surface area contributed by atoms with Crippen molar-refractivity contribution >= 4 is 22.5 Å². The first kappa shape index (κ1) is 11.3. The molecule has 0 saturated heterocycles. The molecule has 0 atom stereocenters. The van der Waals surface area contributed by atoms with Crippen molar-refractivity contribution in [2.45, 2.75) is 6.42 Å². The lowest BCUT2D eigenvalue weighted by atomic mass is 9.99. The van der Waals surface area contributed by atoms with Gasteiger partial charge in [0.2, 0.25) is 0 Å². The van der Waals surface area contributed by atoms with Crippen molar-refractivity contribution in [2.75, 3.05) is 0 Å². The van der Waals surface area contributed by atoms with Gasteiger partial charge in [-0.25, -0.2) is 0 Å². The van der Waals surface area contributed by atoms with E-state index in [2.05, 4.69) is 30.3 Å². The minimum absolute atomic E-state index is 0.232. The fraction of sp³-hybridized carbons (Fsp3) is 0.0625. The van der Waals surface area contributed by atoms with E-state index in [9.17, 15) is 4.79 Å². The molecule has 3 rings (SSSR count). The van der Waals surface area contributed by atoms with Crippen LogP contribution in [0.15, 0.2) is 60.0 Å². The molecular weight excluding hydrogens is 240 g/mol. The summed E-state index contributed by atoms with van der Waals surface area (Å²) in [6.45, 7) is 0. The average molecular weight is 252 g/mol. The summed E-state index contributed by atoms with van der Waals surface area (Å²) in [5.74, 6) is 0. The summed E-state index contributed by atoms with van der Waals surface area (Å²) < 4.78 is 0. The fourth-order valence-electron chi connectivity index (χ4n) is 2.07. The molecular formula is C16H12OS. The Morgan fingerprint density at radius 2 is 1.56 bits per heavy atom. The Bertz CT molecular complexity index is 614. The van der Waals surface area contributed by atoms with Crippen molar-refractivity contribution in [2.24, 2.45) is 0 Å². The van der Waals surface area contributed by atoms with Crippen LogP contribution in [0.25, 0.3) is 16.7 Å². The molecule has 0 aromatic heterocycles. The number of hydrogen-bond donors (Lipinski definition) is 0. The van der Waals surface area contributed by atoms with Crippen molar-refractivity contribution < 1.29 is 4.79 Å². The highest BCUT2D eigenvalue weighted by atomic mass is 32.2. The van der Waals surface area contributed by atoms with Crippen LogP contribution in [0.3, 0.4) is 0 Å². The highest BCUT2D eigenvalue weighted by molar-refractivity contribution is 8.16. The number of thioether (sulfide) groups is 1. The van der Waals surface area contributed by atoms with Crippen LogP contribution in [-0.4, -0.2) is 5.12 Å². The monoisotopic (exact) mass is 252 g/mol. The second kappa shape index (κ2) is 4.83. The molecule has 2 heteroatoms. The zero-order chi connectivity index (χ0) is 12.4. The van der Waals surface area contributed by atoms with E-state index >= 15 is 0 Å². The van der Waals surface area contributed by atoms with Crippen LogP contribution in [-0.2, 0) is 4.79 Å². The van der Waals surface area contributed by atoms with Crippen molar-refractivity contribution in [3.8, 4) is 11.1 Å². The van der Waals surface area contributed by atoms with E-state index in [1.54, 1.807) is 0 Å². The van der Waals surface area contributed by atoms with Gasteiger partial charge in [0.25, 0.3) is 0 Å². The lowest BCUT2D eigenvalue weighted by Gasteiger charge is -2.05. The molecule has 0 aliphatic carbocycles. The molecule has 0 amide bonds. The predicted octanol–water partition coefficient (Wildman–Crippen LogP) is 4.36. The third kappa shape index (κ3) is 2.24. The number of carbonyl (C=O) groups is 1. The van der Waals surface area contributed by atoms with Crippen molar-refractivity contribution in [1.29, 1.82) is 0 Å². The molecule has 1 heterocycles. The van der Waals surface area contributed by atoms with Crippen LogP contribution >= 0.6 is 11.8 Å². The molecule has 1 aliphatic rings. The molecule has 0 fully saturated rings. The van der Waals surface area contributed by atoms with E-state index in [0.29, 0.717) is 6.42 Å². The maximum Gasteiger partial charge on any atom is 0.197 e. The van der Waals surface area contributed by atoms with Crippen LogP contribution in [0.1, 0.15) is 12.0 Å². The SMILES string of the molecule is O=C1CC(c2cccc(-c3ccccc3)c2)=CS1. The predicted molar refractivity (Wildman–Crippen MR) is 77.1 cm³/mol. The molecule has 0 N–H and O–H groups in total. The van der Waals surface area contributed by atoms with E-state index in [4.69, 9.17) is 0 Å². The Labute approximate surface area is 111 Å². The standard InChI is InChI=1S/C16H12OS/c17-16-10-15(11-18-16)14-8-4-7-13(9-14)12-5-2-1-3-6-12/h1-9,11H,10H2. The highest BCUT2D eigenvalue weighted by Gasteiger charge is 2.15. The van der Waals surface area contributed by atoms with Gasteiger partial charge in [-0.1, -0.05) is 60.3 Å². The van der Waals surface area contributed by atoms with Gasteiger partial charge in [0.05, 0.1) is 0 Å². The summed E-state index contributed by atoms with van der Waals surface area (Å²) in [7, 11) is 0. The summed E-state index contributed by atoms with van der Waals surface area (Å²) in [5, 5.41) is 2.20. The second-order valence-corrected chi connectivity index (χ2v) is 5.18. The van der Waals surface area contributed by atoms with Gasteiger partial charge < -0.3 is 0 Å². The highest BCUT2D eigenvalue weighted by Crippen LogP contribution is 2.33. The molecule has 0 saturated carbocycles. The Hall–Kier alpha value is -1.80. The Morgan fingerprint density at radius 3 is 2.28 bits per heavy atom. The Morgan fingerprint density at radius 1 is 0.833 bits per heavy atom. The van der Waals surface area contributed by atoms with E-state index in [1.165, 1.54) is 22.9 Å². The summed E-state index contributed by atoms with van der Waals surface area (Å²) in [4.78, 5) is 11.3. The van der Waals surface area contributed by atoms with Crippen molar-refractivity contribution in [1.82, 2.24) is 0 Å². The minimum Gasteiger partial charge on any atom is -0.286 e. The smallest absolute Gasteiger partial charge is 0.197 e. The van der Waals surface area contributed by atoms with Gasteiger partial charge in [-0.15, -0.1) is 0 Å². The molecule has 0 unspecified atom stereocenters. The maximum atomic E-state index is 11.3. The molecule has 0 radical (unpaired) electrons. The average Bonchev–Trinajstić information content (AvgIpc) is 2.87. The zero-order valence-corrected chi connectivity index (χ0v) is 10.6. The molecule has 1 nitrogen and oxygen atoms in total. The first-order chi connectivity index (χ1) is 8.83. The lowest BCUT2D eigenvalue weighted by molar-refractivity contribution is -0.109. The normalized spacial score (nSPS) is 14.7. The van der Waals surface area contributed by atoms with E-state index in [0.717, 1.165) is 11.1 Å². The van der Waals surface area contributed by atoms with Crippen molar-refractivity contribution in [3.63, 3.8) is 0 Å². The number of rotatable bonds is 2. The number of benzene rings is 2. The topological polar surface area (TPSA) is 17.1 Å². The summed E-state index contributed by atoms with van der Waals surface area (Å²) in [6, 6.07) is 18.7. The molecule has 2 aromatic carbocycles. The maximum absolute atomic E-state index is 11.3. The first-order valence-electron chi connectivity index (χ1n) is 5.87. The Kier molecular flexibility index (Phi) is 3.03. The zero-order valence-electron chi connectivity index (χ0n) is 9.80. The van der Waals surface area contributed by atoms with Crippen LogP contribution in [0, 0.1) is 0 Å². The molecule has 1 aliphatic heterocycles. The molecule has 2 aromatic rings. The Balaban J connectivity index is 1.97. The second-order valence-electron chi connectivity index (χ2n) is 4.26. The van der Waals surface area contributed by atoms with Gasteiger partial charge in [0, 0.05) is 6.42 Å². The van der Waals surface area contributed by atoms with Gasteiger partial charge in [0.15, 0.2) is 5.12 Å². The number of carbonyl (C=O) groups excluding carboxylic acids is 1. The minimum atomic E-state index is 0.232. The molecule has 18 heavy (non-hydrogen) atoms. The lowest BCUT2D eigenvalue weighted by Crippen LogP contribution is -1.87. The summed E-state index contributed by atoms with van der Waals surface area (Å²) in [6.07, 6.45) is 0.545. The largest absolute Gasteiger partial charge is 0.286 e. The molecule has 0 spiro atoms. The van der Waals surface area contributed by atoms with Crippen LogP contribution in [0.2, 0.25) is 0 Å². The fourth-order valence-corrected chi connectivity index (χ4v) is 2.81. The molecule has 0 bridgehead atoms. The summed E-state index contributed by atoms with van der Waals surface area (Å²) >= 11 is 1.30. The first-order valence-corrected chi connectivity index (χ1v) is 6.75. The van der Waals surface area contributed by atoms with E-state index in [1.807, 2.05) is 29.7 Å². The third-order valence-corrected chi connectivity index (χ3v) is 3.82. The quantitative estimate of drug-likeness (QED) is 0.790. The van der Waals surface area contributed by atoms with Crippen LogP contribution in [0.5, 0.6) is 0 Å².